The summed E-state index contributed by atoms with van der Waals surface area (Å²) in [5.74, 6) is -1.40. The van der Waals surface area contributed by atoms with Gasteiger partial charge >= 0.3 is 5.97 Å². The first-order chi connectivity index (χ1) is 18.1. The van der Waals surface area contributed by atoms with Crippen molar-refractivity contribution in [1.29, 1.82) is 0 Å². The second-order valence-corrected chi connectivity index (χ2v) is 13.8. The van der Waals surface area contributed by atoms with Gasteiger partial charge in [-0.25, -0.2) is 4.79 Å². The monoisotopic (exact) mass is 537 g/mol. The number of aryl methyl sites for hydroxylation is 2. The van der Waals surface area contributed by atoms with Gasteiger partial charge in [0.2, 0.25) is 0 Å². The highest BCUT2D eigenvalue weighted by Crippen LogP contribution is 2.72. The first kappa shape index (κ1) is 27.0. The number of hydrogen-bond donors (Lipinski definition) is 1. The van der Waals surface area contributed by atoms with Gasteiger partial charge in [-0.2, -0.15) is 0 Å². The van der Waals surface area contributed by atoms with Crippen LogP contribution < -0.4 is 0 Å². The zero-order chi connectivity index (χ0) is 28.4. The molecule has 0 aromatic carbocycles. The number of fused-ring (bicyclic) bond motifs is 5. The van der Waals surface area contributed by atoms with Crippen molar-refractivity contribution in [2.24, 2.45) is 34.5 Å². The smallest absolute Gasteiger partial charge is 0.355 e. The molecule has 39 heavy (non-hydrogen) atoms. The summed E-state index contributed by atoms with van der Waals surface area (Å²) in [7, 11) is 0. The Labute approximate surface area is 231 Å². The van der Waals surface area contributed by atoms with E-state index < -0.39 is 35.0 Å². The van der Waals surface area contributed by atoms with Gasteiger partial charge < -0.3 is 23.9 Å². The number of carbonyl (C=O) groups excluding carboxylic acids is 2. The van der Waals surface area contributed by atoms with E-state index >= 15 is 0 Å². The van der Waals surface area contributed by atoms with E-state index in [-0.39, 0.29) is 35.6 Å². The summed E-state index contributed by atoms with van der Waals surface area (Å²) in [5, 5.41) is 13.2. The van der Waals surface area contributed by atoms with E-state index in [1.165, 1.54) is 0 Å². The van der Waals surface area contributed by atoms with Crippen LogP contribution in [0.2, 0.25) is 0 Å². The van der Waals surface area contributed by atoms with Crippen LogP contribution in [0.5, 0.6) is 0 Å². The molecular formula is C32H43NO6. The van der Waals surface area contributed by atoms with Gasteiger partial charge in [0.25, 0.3) is 0 Å². The largest absolute Gasteiger partial charge is 0.450 e. The number of ketones is 1. The number of esters is 1. The van der Waals surface area contributed by atoms with Crippen LogP contribution in [0.4, 0.5) is 0 Å². The van der Waals surface area contributed by atoms with Crippen molar-refractivity contribution in [3.05, 3.63) is 46.3 Å². The number of rotatable bonds is 3. The minimum Gasteiger partial charge on any atom is -0.450 e. The highest BCUT2D eigenvalue weighted by Gasteiger charge is 2.77. The molecule has 1 spiro atoms. The van der Waals surface area contributed by atoms with E-state index in [1.807, 2.05) is 64.3 Å². The molecule has 1 N–H and O–H groups in total. The lowest BCUT2D eigenvalue weighted by atomic mass is 9.59. The molecule has 2 unspecified atom stereocenters. The molecule has 8 atom stereocenters. The predicted octanol–water partition coefficient (Wildman–Crippen LogP) is 4.92. The van der Waals surface area contributed by atoms with Crippen LogP contribution >= 0.6 is 0 Å². The second kappa shape index (κ2) is 8.17. The molecule has 1 saturated heterocycles. The molecule has 0 amide bonds. The van der Waals surface area contributed by atoms with E-state index in [4.69, 9.17) is 14.2 Å². The summed E-state index contributed by atoms with van der Waals surface area (Å²) in [5.41, 5.74) is 0.729. The third-order valence-corrected chi connectivity index (χ3v) is 10.9. The molecule has 2 bridgehead atoms. The van der Waals surface area contributed by atoms with Gasteiger partial charge in [0.05, 0.1) is 12.0 Å². The fourth-order valence-electron chi connectivity index (χ4n) is 8.99. The normalized spacial score (nSPS) is 41.3. The number of hydrogen-bond acceptors (Lipinski definition) is 6. The summed E-state index contributed by atoms with van der Waals surface area (Å²) in [4.78, 5) is 28.7. The van der Waals surface area contributed by atoms with Gasteiger partial charge in [-0.05, 0) is 93.9 Å². The van der Waals surface area contributed by atoms with Crippen LogP contribution in [-0.4, -0.2) is 51.6 Å². The number of allylic oxidation sites excluding steroid dienone is 1. The molecule has 5 aliphatic rings. The van der Waals surface area contributed by atoms with E-state index in [9.17, 15) is 14.7 Å². The van der Waals surface area contributed by atoms with Crippen molar-refractivity contribution >= 4 is 11.8 Å². The molecule has 0 radical (unpaired) electrons. The van der Waals surface area contributed by atoms with Crippen LogP contribution in [0.1, 0.15) is 76.6 Å². The van der Waals surface area contributed by atoms with Crippen molar-refractivity contribution in [3.63, 3.8) is 0 Å². The van der Waals surface area contributed by atoms with Gasteiger partial charge in [-0.1, -0.05) is 32.9 Å². The number of carbonyl (C=O) groups is 2. The first-order valence-corrected chi connectivity index (χ1v) is 14.5. The van der Waals surface area contributed by atoms with E-state index in [0.29, 0.717) is 23.7 Å². The summed E-state index contributed by atoms with van der Waals surface area (Å²) >= 11 is 0. The van der Waals surface area contributed by atoms with Gasteiger partial charge in [0.15, 0.2) is 23.3 Å². The Morgan fingerprint density at radius 1 is 1.21 bits per heavy atom. The van der Waals surface area contributed by atoms with Crippen molar-refractivity contribution in [1.82, 2.24) is 4.57 Å². The van der Waals surface area contributed by atoms with Gasteiger partial charge in [-0.15, -0.1) is 0 Å². The summed E-state index contributed by atoms with van der Waals surface area (Å²) in [6, 6.07) is 1.97. The van der Waals surface area contributed by atoms with Crippen molar-refractivity contribution in [2.75, 3.05) is 6.61 Å². The Kier molecular flexibility index (Phi) is 5.65. The number of aliphatic hydroxyl groups is 1. The molecule has 7 nitrogen and oxygen atoms in total. The molecule has 6 rings (SSSR count). The van der Waals surface area contributed by atoms with E-state index in [1.54, 1.807) is 0 Å². The Bertz CT molecular complexity index is 1330. The molecule has 1 aromatic heterocycles. The van der Waals surface area contributed by atoms with Crippen LogP contribution in [0.3, 0.4) is 0 Å². The number of nitrogens with zero attached hydrogens (tertiary/aromatic N) is 1. The molecule has 4 aliphatic carbocycles. The SMILES string of the molecule is CCn1c(C)cc(C)c1C(=O)O[C@H]1C(C)=CC23C(=O)[C@@H](C=C4COC(C)(C)O[C@H]4[C@]12O)[C@H]1[C@@H](CC3C)C1(C)C. The van der Waals surface area contributed by atoms with Crippen LogP contribution in [-0.2, 0) is 25.5 Å². The minimum atomic E-state index is -1.81. The van der Waals surface area contributed by atoms with E-state index in [0.717, 1.165) is 23.3 Å². The molecule has 1 aromatic rings. The zero-order valence-electron chi connectivity index (χ0n) is 24.8. The Morgan fingerprint density at radius 2 is 1.90 bits per heavy atom. The third kappa shape index (κ3) is 3.33. The highest BCUT2D eigenvalue weighted by atomic mass is 16.7. The Hall–Kier alpha value is -2.22. The minimum absolute atomic E-state index is 0.0146. The third-order valence-electron chi connectivity index (χ3n) is 10.9. The van der Waals surface area contributed by atoms with Crippen molar-refractivity contribution in [2.45, 2.75) is 98.9 Å². The highest BCUT2D eigenvalue weighted by molar-refractivity contribution is 5.96. The van der Waals surface area contributed by atoms with Crippen molar-refractivity contribution < 1.29 is 28.9 Å². The average molecular weight is 538 g/mol. The maximum atomic E-state index is 14.8. The molecule has 2 saturated carbocycles. The number of aromatic nitrogens is 1. The molecule has 212 valence electrons. The number of ether oxygens (including phenoxy) is 3. The van der Waals surface area contributed by atoms with Crippen LogP contribution in [0, 0.1) is 48.3 Å². The fourth-order valence-corrected chi connectivity index (χ4v) is 8.99. The van der Waals surface area contributed by atoms with Crippen LogP contribution in [0.25, 0.3) is 0 Å². The standard InChI is InChI=1S/C32H43NO6/c1-10-33-19(5)11-16(2)24(33)28(35)38-26-17(3)14-31-18(4)12-22-23(29(22,6)7)21(25(31)34)13-20-15-37-30(8,9)39-27(20)32(26,31)36/h11,13-14,18,21-23,26-27,36H,10,12,15H2,1-9H3/t18?,21-,22+,23-,26-,27+,31?,32+/m0/s1. The first-order valence-electron chi connectivity index (χ1n) is 14.5. The summed E-state index contributed by atoms with van der Waals surface area (Å²) < 4.78 is 20.8. The lowest BCUT2D eigenvalue weighted by Gasteiger charge is -2.52. The molecular weight excluding hydrogens is 494 g/mol. The topological polar surface area (TPSA) is 87.0 Å². The van der Waals surface area contributed by atoms with Crippen molar-refractivity contribution in [3.8, 4) is 0 Å². The molecule has 3 fully saturated rings. The van der Waals surface area contributed by atoms with Gasteiger partial charge in [0.1, 0.15) is 11.8 Å². The summed E-state index contributed by atoms with van der Waals surface area (Å²) in [6.45, 7) is 18.8. The van der Waals surface area contributed by atoms with E-state index in [2.05, 4.69) is 20.8 Å². The predicted molar refractivity (Wildman–Crippen MR) is 146 cm³/mol. The quantitative estimate of drug-likeness (QED) is 0.435. The Balaban J connectivity index is 1.52. The lowest BCUT2D eigenvalue weighted by Crippen LogP contribution is -2.68. The molecule has 2 heterocycles. The second-order valence-electron chi connectivity index (χ2n) is 13.8. The van der Waals surface area contributed by atoms with Gasteiger partial charge in [0, 0.05) is 18.2 Å². The van der Waals surface area contributed by atoms with Crippen LogP contribution in [0.15, 0.2) is 29.4 Å². The lowest BCUT2D eigenvalue weighted by molar-refractivity contribution is -0.302. The zero-order valence-corrected chi connectivity index (χ0v) is 24.8. The summed E-state index contributed by atoms with van der Waals surface area (Å²) in [6.07, 6.45) is 2.88. The molecule has 7 heteroatoms. The Morgan fingerprint density at radius 3 is 2.56 bits per heavy atom. The average Bonchev–Trinajstić information content (AvgIpc) is 3.17. The fraction of sp³-hybridized carbons (Fsp3) is 0.688. The van der Waals surface area contributed by atoms with Gasteiger partial charge in [-0.3, -0.25) is 4.79 Å². The maximum Gasteiger partial charge on any atom is 0.355 e. The maximum absolute atomic E-state index is 14.8. The number of Topliss-reactive ketones (excluding diaryl/α,β-unsaturated/α-hetero) is 1. The molecule has 1 aliphatic heterocycles.